The van der Waals surface area contributed by atoms with E-state index in [0.717, 1.165) is 11.1 Å². The van der Waals surface area contributed by atoms with Crippen LogP contribution in [0.1, 0.15) is 12.5 Å². The third-order valence-corrected chi connectivity index (χ3v) is 2.74. The van der Waals surface area contributed by atoms with Crippen LogP contribution in [0.3, 0.4) is 0 Å². The standard InChI is InChI=1S/C15H16FNO/c1-2-18-15-6-4-3-5-12(15)13-9-11(10-17)7-8-14(13)16/h3-9H,2,10,17H2,1H3. The predicted molar refractivity (Wildman–Crippen MR) is 70.9 cm³/mol. The molecule has 0 heterocycles. The van der Waals surface area contributed by atoms with Gasteiger partial charge in [0.25, 0.3) is 0 Å². The fourth-order valence-electron chi connectivity index (χ4n) is 1.88. The lowest BCUT2D eigenvalue weighted by Gasteiger charge is -2.11. The molecule has 0 spiro atoms. The van der Waals surface area contributed by atoms with Gasteiger partial charge in [0.05, 0.1) is 6.61 Å². The molecule has 0 radical (unpaired) electrons. The Kier molecular flexibility index (Phi) is 3.95. The van der Waals surface area contributed by atoms with Gasteiger partial charge in [-0.05, 0) is 30.7 Å². The van der Waals surface area contributed by atoms with E-state index in [9.17, 15) is 4.39 Å². The SMILES string of the molecule is CCOc1ccccc1-c1cc(CN)ccc1F. The third-order valence-electron chi connectivity index (χ3n) is 2.74. The topological polar surface area (TPSA) is 35.2 Å². The van der Waals surface area contributed by atoms with Gasteiger partial charge < -0.3 is 10.5 Å². The summed E-state index contributed by atoms with van der Waals surface area (Å²) < 4.78 is 19.4. The van der Waals surface area contributed by atoms with Crippen LogP contribution in [0.5, 0.6) is 5.75 Å². The summed E-state index contributed by atoms with van der Waals surface area (Å²) in [6, 6.07) is 12.3. The van der Waals surface area contributed by atoms with Crippen LogP contribution in [0.25, 0.3) is 11.1 Å². The van der Waals surface area contributed by atoms with Gasteiger partial charge in [-0.25, -0.2) is 4.39 Å². The van der Waals surface area contributed by atoms with E-state index in [2.05, 4.69) is 0 Å². The number of nitrogens with two attached hydrogens (primary N) is 1. The fraction of sp³-hybridized carbons (Fsp3) is 0.200. The van der Waals surface area contributed by atoms with Gasteiger partial charge in [0.2, 0.25) is 0 Å². The van der Waals surface area contributed by atoms with Crippen molar-refractivity contribution in [3.05, 3.63) is 53.8 Å². The Balaban J connectivity index is 2.53. The lowest BCUT2D eigenvalue weighted by molar-refractivity contribution is 0.341. The molecule has 0 aromatic heterocycles. The zero-order chi connectivity index (χ0) is 13.0. The van der Waals surface area contributed by atoms with Crippen molar-refractivity contribution in [1.29, 1.82) is 0 Å². The molecular weight excluding hydrogens is 229 g/mol. The molecule has 0 saturated heterocycles. The van der Waals surface area contributed by atoms with E-state index in [1.165, 1.54) is 6.07 Å². The second-order valence-electron chi connectivity index (χ2n) is 3.95. The van der Waals surface area contributed by atoms with E-state index >= 15 is 0 Å². The first kappa shape index (κ1) is 12.6. The van der Waals surface area contributed by atoms with E-state index < -0.39 is 0 Å². The molecule has 0 atom stereocenters. The molecule has 0 unspecified atom stereocenters. The second kappa shape index (κ2) is 5.65. The molecule has 94 valence electrons. The summed E-state index contributed by atoms with van der Waals surface area (Å²) in [5, 5.41) is 0. The number of hydrogen-bond acceptors (Lipinski definition) is 2. The molecule has 2 rings (SSSR count). The molecule has 18 heavy (non-hydrogen) atoms. The average molecular weight is 245 g/mol. The van der Waals surface area contributed by atoms with Crippen LogP contribution in [0.4, 0.5) is 4.39 Å². The summed E-state index contributed by atoms with van der Waals surface area (Å²) in [7, 11) is 0. The van der Waals surface area contributed by atoms with Crippen molar-refractivity contribution in [2.24, 2.45) is 5.73 Å². The highest BCUT2D eigenvalue weighted by Crippen LogP contribution is 2.32. The maximum Gasteiger partial charge on any atom is 0.131 e. The molecule has 0 fully saturated rings. The number of ether oxygens (including phenoxy) is 1. The first-order chi connectivity index (χ1) is 8.76. The molecule has 3 heteroatoms. The van der Waals surface area contributed by atoms with Crippen LogP contribution in [0.2, 0.25) is 0 Å². The van der Waals surface area contributed by atoms with E-state index in [1.807, 2.05) is 31.2 Å². The lowest BCUT2D eigenvalue weighted by Crippen LogP contribution is -1.99. The molecule has 0 bridgehead atoms. The number of benzene rings is 2. The molecule has 2 N–H and O–H groups in total. The summed E-state index contributed by atoms with van der Waals surface area (Å²) in [6.45, 7) is 2.85. The van der Waals surface area contributed by atoms with Crippen LogP contribution >= 0.6 is 0 Å². The first-order valence-corrected chi connectivity index (χ1v) is 5.97. The number of hydrogen-bond donors (Lipinski definition) is 1. The highest BCUT2D eigenvalue weighted by molar-refractivity contribution is 5.71. The van der Waals surface area contributed by atoms with Crippen molar-refractivity contribution in [1.82, 2.24) is 0 Å². The molecule has 0 aliphatic carbocycles. The highest BCUT2D eigenvalue weighted by atomic mass is 19.1. The maximum atomic E-state index is 13.9. The van der Waals surface area contributed by atoms with Gasteiger partial charge >= 0.3 is 0 Å². The minimum absolute atomic E-state index is 0.264. The quantitative estimate of drug-likeness (QED) is 0.896. The van der Waals surface area contributed by atoms with Crippen molar-refractivity contribution in [2.45, 2.75) is 13.5 Å². The second-order valence-corrected chi connectivity index (χ2v) is 3.95. The molecule has 2 nitrogen and oxygen atoms in total. The Morgan fingerprint density at radius 2 is 1.89 bits per heavy atom. The average Bonchev–Trinajstić information content (AvgIpc) is 2.41. The van der Waals surface area contributed by atoms with Crippen molar-refractivity contribution < 1.29 is 9.13 Å². The number of halogens is 1. The Labute approximate surface area is 106 Å². The van der Waals surface area contributed by atoms with Crippen molar-refractivity contribution in [3.8, 4) is 16.9 Å². The van der Waals surface area contributed by atoms with Gasteiger partial charge in [0.15, 0.2) is 0 Å². The smallest absolute Gasteiger partial charge is 0.131 e. The third kappa shape index (κ3) is 2.51. The predicted octanol–water partition coefficient (Wildman–Crippen LogP) is 3.35. The monoisotopic (exact) mass is 245 g/mol. The van der Waals surface area contributed by atoms with E-state index in [-0.39, 0.29) is 5.82 Å². The minimum Gasteiger partial charge on any atom is -0.493 e. The van der Waals surface area contributed by atoms with Crippen LogP contribution in [0, 0.1) is 5.82 Å². The molecule has 0 aliphatic heterocycles. The van der Waals surface area contributed by atoms with Gasteiger partial charge in [-0.15, -0.1) is 0 Å². The molecule has 2 aromatic carbocycles. The normalized spacial score (nSPS) is 10.4. The maximum absolute atomic E-state index is 13.9. The summed E-state index contributed by atoms with van der Waals surface area (Å²) in [4.78, 5) is 0. The number of para-hydroxylation sites is 1. The molecule has 0 saturated carbocycles. The highest BCUT2D eigenvalue weighted by Gasteiger charge is 2.10. The van der Waals surface area contributed by atoms with Gasteiger partial charge in [0, 0.05) is 17.7 Å². The molecule has 0 amide bonds. The van der Waals surface area contributed by atoms with Gasteiger partial charge in [0.1, 0.15) is 11.6 Å². The zero-order valence-electron chi connectivity index (χ0n) is 10.3. The first-order valence-electron chi connectivity index (χ1n) is 5.97. The number of rotatable bonds is 4. The van der Waals surface area contributed by atoms with Crippen molar-refractivity contribution in [2.75, 3.05) is 6.61 Å². The van der Waals surface area contributed by atoms with Crippen molar-refractivity contribution >= 4 is 0 Å². The Bertz CT molecular complexity index is 540. The van der Waals surface area contributed by atoms with Crippen LogP contribution in [0.15, 0.2) is 42.5 Å². The fourth-order valence-corrected chi connectivity index (χ4v) is 1.88. The Hall–Kier alpha value is -1.87. The Morgan fingerprint density at radius 3 is 2.61 bits per heavy atom. The van der Waals surface area contributed by atoms with Gasteiger partial charge in [-0.3, -0.25) is 0 Å². The van der Waals surface area contributed by atoms with Gasteiger partial charge in [-0.2, -0.15) is 0 Å². The van der Waals surface area contributed by atoms with Crippen molar-refractivity contribution in [3.63, 3.8) is 0 Å². The van der Waals surface area contributed by atoms with E-state index in [1.54, 1.807) is 12.1 Å². The summed E-state index contributed by atoms with van der Waals surface area (Å²) in [5.41, 5.74) is 7.78. The Morgan fingerprint density at radius 1 is 1.11 bits per heavy atom. The summed E-state index contributed by atoms with van der Waals surface area (Å²) in [5.74, 6) is 0.424. The molecular formula is C15H16FNO. The van der Waals surface area contributed by atoms with E-state index in [4.69, 9.17) is 10.5 Å². The molecule has 0 aliphatic rings. The summed E-state index contributed by atoms with van der Waals surface area (Å²) in [6.07, 6.45) is 0. The largest absolute Gasteiger partial charge is 0.493 e. The van der Waals surface area contributed by atoms with Crippen LogP contribution < -0.4 is 10.5 Å². The van der Waals surface area contributed by atoms with Gasteiger partial charge in [-0.1, -0.05) is 24.3 Å². The van der Waals surface area contributed by atoms with E-state index in [0.29, 0.717) is 24.5 Å². The van der Waals surface area contributed by atoms with Crippen LogP contribution in [-0.2, 0) is 6.54 Å². The zero-order valence-corrected chi connectivity index (χ0v) is 10.3. The minimum atomic E-state index is -0.264. The molecule has 2 aromatic rings. The summed E-state index contributed by atoms with van der Waals surface area (Å²) >= 11 is 0. The van der Waals surface area contributed by atoms with Crippen LogP contribution in [-0.4, -0.2) is 6.61 Å². The lowest BCUT2D eigenvalue weighted by atomic mass is 10.0.